The van der Waals surface area contributed by atoms with Crippen LogP contribution in [-0.4, -0.2) is 96.2 Å². The summed E-state index contributed by atoms with van der Waals surface area (Å²) < 4.78 is 51.5. The summed E-state index contributed by atoms with van der Waals surface area (Å²) in [5, 5.41) is 3.85. The number of rotatable bonds is 6. The van der Waals surface area contributed by atoms with E-state index in [1.165, 1.54) is 12.1 Å². The van der Waals surface area contributed by atoms with E-state index in [1.807, 2.05) is 23.2 Å². The van der Waals surface area contributed by atoms with Crippen LogP contribution in [0.3, 0.4) is 0 Å². The van der Waals surface area contributed by atoms with Crippen LogP contribution in [0.25, 0.3) is 16.7 Å². The van der Waals surface area contributed by atoms with Crippen molar-refractivity contribution in [2.75, 3.05) is 68.0 Å². The predicted molar refractivity (Wildman–Crippen MR) is 154 cm³/mol. The molecule has 0 amide bonds. The quantitative estimate of drug-likeness (QED) is 0.315. The first kappa shape index (κ1) is 26.8. The highest BCUT2D eigenvalue weighted by molar-refractivity contribution is 8.24. The van der Waals surface area contributed by atoms with Crippen molar-refractivity contribution < 1.29 is 17.9 Å². The summed E-state index contributed by atoms with van der Waals surface area (Å²) >= 11 is 0. The number of halogens is 2. The van der Waals surface area contributed by atoms with E-state index >= 15 is 8.78 Å². The van der Waals surface area contributed by atoms with Gasteiger partial charge in [-0.2, -0.15) is 15.6 Å². The van der Waals surface area contributed by atoms with Crippen LogP contribution in [0, 0.1) is 11.6 Å². The lowest BCUT2D eigenvalue weighted by Gasteiger charge is -2.41. The molecule has 1 aromatic carbocycles. The predicted octanol–water partition coefficient (Wildman–Crippen LogP) is 4.16. The van der Waals surface area contributed by atoms with Crippen molar-refractivity contribution >= 4 is 39.1 Å². The van der Waals surface area contributed by atoms with Crippen molar-refractivity contribution in [3.8, 4) is 5.69 Å². The number of piperazine rings is 1. The third kappa shape index (κ3) is 5.74. The maximum Gasteiger partial charge on any atom is 0.230 e. The van der Waals surface area contributed by atoms with Crippen LogP contribution in [0.15, 0.2) is 48.9 Å². The average molecular weight is 571 g/mol. The van der Waals surface area contributed by atoms with Crippen LogP contribution >= 0.6 is 10.6 Å². The standard InChI is InChI=1S/C27H32F2N8O2S/c1-34-6-8-36(9-7-34)20-2-3-25(30-17-20)32-27-31-16-19-4-5-37(26(19)33-27)21-14-23(28)22(24(29)15-21)18-35-10-12-40(38,39)13-11-35/h2-5,14-17,38-39H,6-13,18H2,1H3,(H,30,31,32,33). The molecule has 0 spiro atoms. The lowest BCUT2D eigenvalue weighted by Crippen LogP contribution is -2.44. The molecular formula is C27H32F2N8O2S. The van der Waals surface area contributed by atoms with Gasteiger partial charge < -0.3 is 19.7 Å². The summed E-state index contributed by atoms with van der Waals surface area (Å²) in [7, 11) is -0.454. The van der Waals surface area contributed by atoms with Crippen molar-refractivity contribution in [2.24, 2.45) is 0 Å². The highest BCUT2D eigenvalue weighted by Gasteiger charge is 2.24. The molecule has 0 aliphatic carbocycles. The molecule has 0 bridgehead atoms. The number of anilines is 3. The Balaban J connectivity index is 1.19. The lowest BCUT2D eigenvalue weighted by atomic mass is 10.1. The first-order chi connectivity index (χ1) is 19.2. The Bertz CT molecular complexity index is 1480. The van der Waals surface area contributed by atoms with Crippen molar-refractivity contribution in [3.05, 3.63) is 66.1 Å². The molecule has 2 aliphatic heterocycles. The molecule has 2 fully saturated rings. The van der Waals surface area contributed by atoms with Gasteiger partial charge in [-0.1, -0.05) is 0 Å². The number of benzene rings is 1. The van der Waals surface area contributed by atoms with Crippen LogP contribution in [0.4, 0.5) is 26.2 Å². The molecule has 3 aromatic heterocycles. The fraction of sp³-hybridized carbons (Fsp3) is 0.370. The first-order valence-electron chi connectivity index (χ1n) is 13.2. The van der Waals surface area contributed by atoms with Crippen LogP contribution in [0.5, 0.6) is 0 Å². The maximum absolute atomic E-state index is 15.1. The van der Waals surface area contributed by atoms with Gasteiger partial charge in [0.15, 0.2) is 0 Å². The molecule has 3 N–H and O–H groups in total. The van der Waals surface area contributed by atoms with Gasteiger partial charge in [0, 0.05) is 69.2 Å². The van der Waals surface area contributed by atoms with Crippen molar-refractivity contribution in [1.29, 1.82) is 0 Å². The number of pyridine rings is 1. The maximum atomic E-state index is 15.1. The SMILES string of the molecule is CN1CCN(c2ccc(Nc3ncc4ccn(-c5cc(F)c(CN6CCS(O)(O)CC6)c(F)c5)c4n3)nc2)CC1. The van der Waals surface area contributed by atoms with Crippen LogP contribution in [-0.2, 0) is 6.54 Å². The summed E-state index contributed by atoms with van der Waals surface area (Å²) in [4.78, 5) is 19.9. The topological polar surface area (TPSA) is 106 Å². The zero-order valence-electron chi connectivity index (χ0n) is 22.2. The summed E-state index contributed by atoms with van der Waals surface area (Å²) in [5.41, 5.74) is 1.83. The number of aromatic nitrogens is 4. The van der Waals surface area contributed by atoms with E-state index in [9.17, 15) is 9.11 Å². The van der Waals surface area contributed by atoms with Crippen LogP contribution < -0.4 is 10.2 Å². The monoisotopic (exact) mass is 570 g/mol. The van der Waals surface area contributed by atoms with E-state index in [0.29, 0.717) is 36.2 Å². The van der Waals surface area contributed by atoms with Crippen molar-refractivity contribution in [2.45, 2.75) is 6.54 Å². The third-order valence-corrected chi connectivity index (χ3v) is 9.21. The molecule has 0 radical (unpaired) electrons. The number of hydrogen-bond acceptors (Lipinski definition) is 9. The second-order valence-corrected chi connectivity index (χ2v) is 12.8. The van der Waals surface area contributed by atoms with Gasteiger partial charge >= 0.3 is 0 Å². The summed E-state index contributed by atoms with van der Waals surface area (Å²) in [5.74, 6) is 0.0274. The van der Waals surface area contributed by atoms with Crippen LogP contribution in [0.1, 0.15) is 5.56 Å². The van der Waals surface area contributed by atoms with E-state index in [2.05, 4.69) is 37.1 Å². The minimum atomic E-state index is -2.57. The van der Waals surface area contributed by atoms with E-state index in [0.717, 1.165) is 37.3 Å². The van der Waals surface area contributed by atoms with Gasteiger partial charge in [0.25, 0.3) is 0 Å². The Labute approximate surface area is 232 Å². The van der Waals surface area contributed by atoms with E-state index in [4.69, 9.17) is 0 Å². The molecule has 10 nitrogen and oxygen atoms in total. The number of nitrogens with one attached hydrogen (secondary N) is 1. The number of likely N-dealkylation sites (N-methyl/N-ethyl adjacent to an activating group) is 1. The molecule has 5 heterocycles. The Morgan fingerprint density at radius 1 is 0.900 bits per heavy atom. The van der Waals surface area contributed by atoms with E-state index in [-0.39, 0.29) is 23.6 Å². The second kappa shape index (κ2) is 10.9. The van der Waals surface area contributed by atoms with Crippen molar-refractivity contribution in [3.63, 3.8) is 0 Å². The fourth-order valence-electron chi connectivity index (χ4n) is 5.04. The molecule has 0 atom stereocenters. The number of fused-ring (bicyclic) bond motifs is 1. The molecular weight excluding hydrogens is 538 g/mol. The summed E-state index contributed by atoms with van der Waals surface area (Å²) in [6, 6.07) is 8.28. The fourth-order valence-corrected chi connectivity index (χ4v) is 6.34. The third-order valence-electron chi connectivity index (χ3n) is 7.54. The minimum Gasteiger partial charge on any atom is -0.368 e. The van der Waals surface area contributed by atoms with Gasteiger partial charge in [-0.15, -0.1) is 0 Å². The second-order valence-electron chi connectivity index (χ2n) is 10.3. The number of nitrogens with zero attached hydrogens (tertiary/aromatic N) is 7. The Morgan fingerprint density at radius 3 is 2.30 bits per heavy atom. The molecule has 0 saturated carbocycles. The molecule has 40 heavy (non-hydrogen) atoms. The minimum absolute atomic E-state index is 0.0401. The highest BCUT2D eigenvalue weighted by atomic mass is 32.3. The van der Waals surface area contributed by atoms with Crippen LogP contribution in [0.2, 0.25) is 0 Å². The molecule has 4 aromatic rings. The van der Waals surface area contributed by atoms with Crippen molar-refractivity contribution in [1.82, 2.24) is 29.3 Å². The van der Waals surface area contributed by atoms with E-state index in [1.54, 1.807) is 23.0 Å². The van der Waals surface area contributed by atoms with E-state index < -0.39 is 22.2 Å². The molecule has 13 heteroatoms. The summed E-state index contributed by atoms with van der Waals surface area (Å²) in [6.07, 6.45) is 5.19. The number of hydrogen-bond donors (Lipinski definition) is 3. The van der Waals surface area contributed by atoms with Gasteiger partial charge in [-0.3, -0.25) is 14.0 Å². The Morgan fingerprint density at radius 2 is 1.62 bits per heavy atom. The first-order valence-corrected chi connectivity index (χ1v) is 15.1. The molecule has 212 valence electrons. The normalized spacial score (nSPS) is 19.2. The largest absolute Gasteiger partial charge is 0.368 e. The molecule has 2 aliphatic rings. The van der Waals surface area contributed by atoms with Gasteiger partial charge in [-0.05, 0) is 37.4 Å². The van der Waals surface area contributed by atoms with Gasteiger partial charge in [0.1, 0.15) is 23.1 Å². The van der Waals surface area contributed by atoms with Gasteiger partial charge in [-0.25, -0.2) is 18.7 Å². The molecule has 0 unspecified atom stereocenters. The zero-order chi connectivity index (χ0) is 27.9. The van der Waals surface area contributed by atoms with Gasteiger partial charge in [0.05, 0.1) is 29.1 Å². The molecule has 6 rings (SSSR count). The highest BCUT2D eigenvalue weighted by Crippen LogP contribution is 2.40. The molecule has 2 saturated heterocycles. The lowest BCUT2D eigenvalue weighted by molar-refractivity contribution is 0.270. The Kier molecular flexibility index (Phi) is 7.31. The Hall–Kier alpha value is -3.36. The zero-order valence-corrected chi connectivity index (χ0v) is 23.0. The van der Waals surface area contributed by atoms with Gasteiger partial charge in [0.2, 0.25) is 5.95 Å². The smallest absolute Gasteiger partial charge is 0.230 e. The summed E-state index contributed by atoms with van der Waals surface area (Å²) in [6.45, 7) is 4.76. The average Bonchev–Trinajstić information content (AvgIpc) is 3.36.